The van der Waals surface area contributed by atoms with Gasteiger partial charge in [-0.15, -0.1) is 0 Å². The number of hydrogen-bond donors (Lipinski definition) is 1. The molecule has 2 rings (SSSR count). The number of nitrogens with two attached hydrogens (primary N) is 1. The summed E-state index contributed by atoms with van der Waals surface area (Å²) in [5, 5.41) is 0. The summed E-state index contributed by atoms with van der Waals surface area (Å²) in [7, 11) is 0. The Kier molecular flexibility index (Phi) is 3.94. The van der Waals surface area contributed by atoms with Crippen molar-refractivity contribution in [2.24, 2.45) is 5.73 Å². The van der Waals surface area contributed by atoms with E-state index < -0.39 is 5.82 Å². The highest BCUT2D eigenvalue weighted by Crippen LogP contribution is 2.14. The molecule has 0 aliphatic carbocycles. The predicted molar refractivity (Wildman–Crippen MR) is 79.4 cm³/mol. The average Bonchev–Trinajstić information content (AvgIpc) is 2.35. The molecule has 4 nitrogen and oxygen atoms in total. The summed E-state index contributed by atoms with van der Waals surface area (Å²) in [6, 6.07) is 6.20. The van der Waals surface area contributed by atoms with E-state index in [0.717, 1.165) is 0 Å². The van der Waals surface area contributed by atoms with Crippen molar-refractivity contribution in [3.8, 4) is 0 Å². The summed E-state index contributed by atoms with van der Waals surface area (Å²) in [5.41, 5.74) is 6.43. The van der Waals surface area contributed by atoms with Crippen molar-refractivity contribution < 1.29 is 4.39 Å². The highest BCUT2D eigenvalue weighted by Gasteiger charge is 2.12. The van der Waals surface area contributed by atoms with Crippen LogP contribution in [0.15, 0.2) is 29.1 Å². The second-order valence-electron chi connectivity index (χ2n) is 4.51. The molecule has 6 heteroatoms. The molecular formula is C14H14FN3OS. The van der Waals surface area contributed by atoms with Crippen LogP contribution in [0.25, 0.3) is 0 Å². The lowest BCUT2D eigenvalue weighted by Crippen LogP contribution is -2.25. The molecule has 2 aromatic rings. The van der Waals surface area contributed by atoms with Gasteiger partial charge in [0.05, 0.1) is 6.54 Å². The number of aryl methyl sites for hydroxylation is 2. The monoisotopic (exact) mass is 291 g/mol. The summed E-state index contributed by atoms with van der Waals surface area (Å²) in [4.78, 5) is 16.1. The van der Waals surface area contributed by atoms with Crippen LogP contribution in [-0.2, 0) is 6.54 Å². The van der Waals surface area contributed by atoms with Crippen LogP contribution in [0.1, 0.15) is 22.6 Å². The number of nitrogens with zero attached hydrogens (tertiary/aromatic N) is 2. The zero-order valence-electron chi connectivity index (χ0n) is 11.2. The maximum absolute atomic E-state index is 14.2. The minimum atomic E-state index is -0.494. The first-order valence-corrected chi connectivity index (χ1v) is 6.43. The van der Waals surface area contributed by atoms with Crippen LogP contribution >= 0.6 is 12.2 Å². The Hall–Kier alpha value is -2.08. The third kappa shape index (κ3) is 2.75. The van der Waals surface area contributed by atoms with Crippen LogP contribution in [0.2, 0.25) is 0 Å². The Morgan fingerprint density at radius 1 is 1.45 bits per heavy atom. The molecule has 104 valence electrons. The van der Waals surface area contributed by atoms with Gasteiger partial charge in [0.25, 0.3) is 5.56 Å². The van der Waals surface area contributed by atoms with Gasteiger partial charge in [-0.25, -0.2) is 9.37 Å². The molecule has 1 heterocycles. The number of benzene rings is 1. The lowest BCUT2D eigenvalue weighted by atomic mass is 10.1. The van der Waals surface area contributed by atoms with Crippen LogP contribution in [0, 0.1) is 19.7 Å². The lowest BCUT2D eigenvalue weighted by Gasteiger charge is -2.12. The van der Waals surface area contributed by atoms with Crippen LogP contribution in [-0.4, -0.2) is 14.5 Å². The van der Waals surface area contributed by atoms with Crippen molar-refractivity contribution >= 4 is 17.2 Å². The number of aromatic nitrogens is 2. The van der Waals surface area contributed by atoms with E-state index in [2.05, 4.69) is 4.98 Å². The largest absolute Gasteiger partial charge is 0.389 e. The molecule has 2 N–H and O–H groups in total. The second kappa shape index (κ2) is 5.50. The van der Waals surface area contributed by atoms with Gasteiger partial charge in [0.2, 0.25) is 0 Å². The topological polar surface area (TPSA) is 60.9 Å². The third-order valence-electron chi connectivity index (χ3n) is 3.00. The van der Waals surface area contributed by atoms with E-state index in [9.17, 15) is 9.18 Å². The van der Waals surface area contributed by atoms with Gasteiger partial charge in [0.1, 0.15) is 16.6 Å². The van der Waals surface area contributed by atoms with Crippen LogP contribution in [0.5, 0.6) is 0 Å². The van der Waals surface area contributed by atoms with Gasteiger partial charge in [-0.2, -0.15) is 0 Å². The Bertz CT molecular complexity index is 740. The molecule has 0 unspecified atom stereocenters. The summed E-state index contributed by atoms with van der Waals surface area (Å²) in [6.45, 7) is 3.55. The molecule has 0 radical (unpaired) electrons. The fourth-order valence-corrected chi connectivity index (χ4v) is 2.18. The van der Waals surface area contributed by atoms with Gasteiger partial charge in [0, 0.05) is 22.9 Å². The highest BCUT2D eigenvalue weighted by atomic mass is 32.1. The van der Waals surface area contributed by atoms with E-state index in [1.165, 1.54) is 16.7 Å². The van der Waals surface area contributed by atoms with Crippen molar-refractivity contribution in [1.29, 1.82) is 0 Å². The molecule has 1 aromatic heterocycles. The highest BCUT2D eigenvalue weighted by molar-refractivity contribution is 7.80. The van der Waals surface area contributed by atoms with E-state index in [4.69, 9.17) is 18.0 Å². The Morgan fingerprint density at radius 2 is 2.15 bits per heavy atom. The lowest BCUT2D eigenvalue weighted by molar-refractivity contribution is 0.587. The van der Waals surface area contributed by atoms with Gasteiger partial charge in [-0.1, -0.05) is 24.4 Å². The van der Waals surface area contributed by atoms with Gasteiger partial charge in [-0.05, 0) is 19.9 Å². The molecule has 0 amide bonds. The van der Waals surface area contributed by atoms with Crippen LogP contribution in [0.4, 0.5) is 4.39 Å². The maximum Gasteiger partial charge on any atom is 0.254 e. The molecule has 0 spiro atoms. The molecule has 0 aliphatic rings. The summed E-state index contributed by atoms with van der Waals surface area (Å²) < 4.78 is 15.7. The van der Waals surface area contributed by atoms with E-state index in [1.807, 2.05) is 0 Å². The normalized spacial score (nSPS) is 10.6. The number of hydrogen-bond acceptors (Lipinski definition) is 3. The van der Waals surface area contributed by atoms with Crippen molar-refractivity contribution in [3.63, 3.8) is 0 Å². The number of rotatable bonds is 3. The molecule has 1 aromatic carbocycles. The SMILES string of the molecule is Cc1cc(=O)n(Cc2cccc(C(N)=S)c2F)c(C)n1. The summed E-state index contributed by atoms with van der Waals surface area (Å²) >= 11 is 4.80. The van der Waals surface area contributed by atoms with Crippen molar-refractivity contribution in [2.45, 2.75) is 20.4 Å². The van der Waals surface area contributed by atoms with E-state index in [0.29, 0.717) is 17.1 Å². The fourth-order valence-electron chi connectivity index (χ4n) is 2.02. The predicted octanol–water partition coefficient (Wildman–Crippen LogP) is 1.68. The van der Waals surface area contributed by atoms with Gasteiger partial charge >= 0.3 is 0 Å². The van der Waals surface area contributed by atoms with Crippen LogP contribution < -0.4 is 11.3 Å². The first kappa shape index (κ1) is 14.3. The van der Waals surface area contributed by atoms with Gasteiger partial charge < -0.3 is 5.73 Å². The van der Waals surface area contributed by atoms with E-state index in [-0.39, 0.29) is 22.7 Å². The summed E-state index contributed by atoms with van der Waals surface area (Å²) in [5.74, 6) is 0.0435. The third-order valence-corrected chi connectivity index (χ3v) is 3.22. The van der Waals surface area contributed by atoms with Crippen LogP contribution in [0.3, 0.4) is 0 Å². The Morgan fingerprint density at radius 3 is 2.75 bits per heavy atom. The first-order chi connectivity index (χ1) is 9.40. The molecule has 0 bridgehead atoms. The quantitative estimate of drug-likeness (QED) is 0.874. The maximum atomic E-state index is 14.2. The van der Waals surface area contributed by atoms with Gasteiger partial charge in [-0.3, -0.25) is 9.36 Å². The van der Waals surface area contributed by atoms with Crippen molar-refractivity contribution in [3.05, 3.63) is 63.1 Å². The average molecular weight is 291 g/mol. The minimum Gasteiger partial charge on any atom is -0.389 e. The second-order valence-corrected chi connectivity index (χ2v) is 4.95. The van der Waals surface area contributed by atoms with Crippen molar-refractivity contribution in [1.82, 2.24) is 9.55 Å². The number of thiocarbonyl (C=S) groups is 1. The molecule has 0 fully saturated rings. The van der Waals surface area contributed by atoms with Crippen molar-refractivity contribution in [2.75, 3.05) is 0 Å². The zero-order chi connectivity index (χ0) is 14.9. The standard InChI is InChI=1S/C14H14FN3OS/c1-8-6-12(19)18(9(2)17-8)7-10-4-3-5-11(13(10)15)14(16)20/h3-6H,7H2,1-2H3,(H2,16,20). The molecule has 0 saturated carbocycles. The van der Waals surface area contributed by atoms with E-state index >= 15 is 0 Å². The first-order valence-electron chi connectivity index (χ1n) is 6.02. The van der Waals surface area contributed by atoms with Gasteiger partial charge in [0.15, 0.2) is 0 Å². The molecular weight excluding hydrogens is 277 g/mol. The smallest absolute Gasteiger partial charge is 0.254 e. The fraction of sp³-hybridized carbons (Fsp3) is 0.214. The molecule has 0 aliphatic heterocycles. The molecule has 0 atom stereocenters. The molecule has 20 heavy (non-hydrogen) atoms. The van der Waals surface area contributed by atoms with E-state index in [1.54, 1.807) is 26.0 Å². The minimum absolute atomic E-state index is 0.00421. The molecule has 0 saturated heterocycles. The Labute approximate surface area is 121 Å². The zero-order valence-corrected chi connectivity index (χ0v) is 12.0. The summed E-state index contributed by atoms with van der Waals surface area (Å²) in [6.07, 6.45) is 0. The number of halogens is 1. The Balaban J connectivity index is 2.49.